The van der Waals surface area contributed by atoms with E-state index in [1.165, 1.54) is 24.7 Å². The number of benzene rings is 1. The molecule has 118 valence electrons. The molecule has 0 aliphatic carbocycles. The van der Waals surface area contributed by atoms with Gasteiger partial charge in [0.2, 0.25) is 10.0 Å². The second-order valence-corrected chi connectivity index (χ2v) is 6.22. The van der Waals surface area contributed by atoms with Crippen molar-refractivity contribution in [3.63, 3.8) is 0 Å². The summed E-state index contributed by atoms with van der Waals surface area (Å²) in [7, 11) is -4.03. The van der Waals surface area contributed by atoms with Gasteiger partial charge in [0.15, 0.2) is 4.90 Å². The number of aliphatic hydroxyl groups is 1. The molecule has 0 aliphatic rings. The van der Waals surface area contributed by atoms with Gasteiger partial charge in [-0.1, -0.05) is 12.1 Å². The number of rotatable bonds is 7. The van der Waals surface area contributed by atoms with Crippen molar-refractivity contribution in [3.8, 4) is 0 Å². The first-order valence-corrected chi connectivity index (χ1v) is 7.83. The highest BCUT2D eigenvalue weighted by Gasteiger charge is 2.24. The van der Waals surface area contributed by atoms with E-state index in [9.17, 15) is 23.6 Å². The van der Waals surface area contributed by atoms with Crippen LogP contribution in [0.25, 0.3) is 0 Å². The van der Waals surface area contributed by atoms with Crippen molar-refractivity contribution in [1.82, 2.24) is 4.72 Å². The lowest BCUT2D eigenvalue weighted by Crippen LogP contribution is -2.26. The van der Waals surface area contributed by atoms with Gasteiger partial charge in [-0.3, -0.25) is 10.1 Å². The van der Waals surface area contributed by atoms with Gasteiger partial charge in [-0.2, -0.15) is 0 Å². The van der Waals surface area contributed by atoms with Crippen LogP contribution in [0.2, 0.25) is 0 Å². The molecule has 0 saturated carbocycles. The minimum Gasteiger partial charge on any atom is -0.472 e. The lowest BCUT2D eigenvalue weighted by Gasteiger charge is -2.10. The lowest BCUT2D eigenvalue weighted by atomic mass is 10.1. The predicted octanol–water partition coefficient (Wildman–Crippen LogP) is 1.59. The molecule has 2 aromatic rings. The summed E-state index contributed by atoms with van der Waals surface area (Å²) in [6, 6.07) is 6.64. The maximum absolute atomic E-state index is 12.1. The molecule has 1 heterocycles. The fourth-order valence-corrected chi connectivity index (χ4v) is 3.09. The number of nitrogens with one attached hydrogen (secondary N) is 1. The van der Waals surface area contributed by atoms with Gasteiger partial charge < -0.3 is 9.52 Å². The Morgan fingerprint density at radius 2 is 2.05 bits per heavy atom. The highest BCUT2D eigenvalue weighted by molar-refractivity contribution is 7.89. The molecule has 2 N–H and O–H groups in total. The molecule has 9 heteroatoms. The SMILES string of the molecule is O=[N+]([O-])c1ccccc1S(=O)(=O)NCCC(O)c1ccoc1. The van der Waals surface area contributed by atoms with E-state index in [0.29, 0.717) is 5.56 Å². The van der Waals surface area contributed by atoms with E-state index in [1.54, 1.807) is 6.07 Å². The molecule has 22 heavy (non-hydrogen) atoms. The van der Waals surface area contributed by atoms with Crippen molar-refractivity contribution in [1.29, 1.82) is 0 Å². The fraction of sp³-hybridized carbons (Fsp3) is 0.231. The van der Waals surface area contributed by atoms with Crippen LogP contribution in [-0.2, 0) is 10.0 Å². The number of hydrogen-bond donors (Lipinski definition) is 2. The molecule has 0 amide bonds. The van der Waals surface area contributed by atoms with Crippen molar-refractivity contribution in [2.24, 2.45) is 0 Å². The van der Waals surface area contributed by atoms with E-state index in [2.05, 4.69) is 4.72 Å². The van der Waals surface area contributed by atoms with Crippen molar-refractivity contribution in [2.45, 2.75) is 17.4 Å². The van der Waals surface area contributed by atoms with E-state index >= 15 is 0 Å². The lowest BCUT2D eigenvalue weighted by molar-refractivity contribution is -0.387. The Morgan fingerprint density at radius 3 is 2.68 bits per heavy atom. The Kier molecular flexibility index (Phi) is 4.91. The topological polar surface area (TPSA) is 123 Å². The number of para-hydroxylation sites is 1. The largest absolute Gasteiger partial charge is 0.472 e. The maximum Gasteiger partial charge on any atom is 0.289 e. The Labute approximate surface area is 126 Å². The van der Waals surface area contributed by atoms with Crippen LogP contribution >= 0.6 is 0 Å². The van der Waals surface area contributed by atoms with Crippen molar-refractivity contribution < 1.29 is 22.9 Å². The summed E-state index contributed by atoms with van der Waals surface area (Å²) < 4.78 is 31.3. The molecule has 1 aromatic carbocycles. The molecule has 1 unspecified atom stereocenters. The number of sulfonamides is 1. The zero-order valence-electron chi connectivity index (χ0n) is 11.4. The first-order valence-electron chi connectivity index (χ1n) is 6.35. The van der Waals surface area contributed by atoms with E-state index in [4.69, 9.17) is 4.42 Å². The van der Waals surface area contributed by atoms with Crippen LogP contribution in [0.3, 0.4) is 0 Å². The zero-order chi connectivity index (χ0) is 16.2. The van der Waals surface area contributed by atoms with Crippen molar-refractivity contribution >= 4 is 15.7 Å². The summed E-state index contributed by atoms with van der Waals surface area (Å²) >= 11 is 0. The highest BCUT2D eigenvalue weighted by atomic mass is 32.2. The third kappa shape index (κ3) is 3.70. The monoisotopic (exact) mass is 326 g/mol. The molecular formula is C13H14N2O6S. The van der Waals surface area contributed by atoms with Gasteiger partial charge in [-0.05, 0) is 18.6 Å². The molecular weight excluding hydrogens is 312 g/mol. The molecule has 1 aromatic heterocycles. The quantitative estimate of drug-likeness (QED) is 0.588. The van der Waals surface area contributed by atoms with E-state index in [0.717, 1.165) is 12.1 Å². The Bertz CT molecular complexity index is 742. The van der Waals surface area contributed by atoms with Crippen LogP contribution in [0.1, 0.15) is 18.1 Å². The third-order valence-corrected chi connectivity index (χ3v) is 4.50. The fourth-order valence-electron chi connectivity index (χ4n) is 1.87. The van der Waals surface area contributed by atoms with Crippen LogP contribution in [-0.4, -0.2) is 25.0 Å². The van der Waals surface area contributed by atoms with Gasteiger partial charge in [-0.25, -0.2) is 13.1 Å². The first kappa shape index (κ1) is 16.1. The van der Waals surface area contributed by atoms with Crippen LogP contribution in [0.4, 0.5) is 5.69 Å². The average molecular weight is 326 g/mol. The summed E-state index contributed by atoms with van der Waals surface area (Å²) in [4.78, 5) is 9.71. The second-order valence-electron chi connectivity index (χ2n) is 4.48. The highest BCUT2D eigenvalue weighted by Crippen LogP contribution is 2.23. The average Bonchev–Trinajstić information content (AvgIpc) is 3.01. The van der Waals surface area contributed by atoms with Gasteiger partial charge in [0.1, 0.15) is 0 Å². The number of nitro benzene ring substituents is 1. The molecule has 0 spiro atoms. The molecule has 0 saturated heterocycles. The van der Waals surface area contributed by atoms with Crippen LogP contribution in [0.5, 0.6) is 0 Å². The van der Waals surface area contributed by atoms with Crippen LogP contribution in [0, 0.1) is 10.1 Å². The smallest absolute Gasteiger partial charge is 0.289 e. The van der Waals surface area contributed by atoms with Gasteiger partial charge in [0.25, 0.3) is 5.69 Å². The molecule has 0 fully saturated rings. The van der Waals surface area contributed by atoms with Crippen molar-refractivity contribution in [2.75, 3.05) is 6.54 Å². The summed E-state index contributed by atoms with van der Waals surface area (Å²) in [6.07, 6.45) is 1.99. The van der Waals surface area contributed by atoms with Crippen LogP contribution in [0.15, 0.2) is 52.2 Å². The van der Waals surface area contributed by atoms with Gasteiger partial charge >= 0.3 is 0 Å². The first-order chi connectivity index (χ1) is 10.4. The molecule has 1 atom stereocenters. The number of nitrogens with zero attached hydrogens (tertiary/aromatic N) is 1. The summed E-state index contributed by atoms with van der Waals surface area (Å²) in [5.74, 6) is 0. The Morgan fingerprint density at radius 1 is 1.32 bits per heavy atom. The van der Waals surface area contributed by atoms with E-state index < -0.39 is 31.6 Å². The molecule has 0 radical (unpaired) electrons. The normalized spacial score (nSPS) is 13.0. The van der Waals surface area contributed by atoms with Crippen molar-refractivity contribution in [3.05, 3.63) is 58.5 Å². The van der Waals surface area contributed by atoms with E-state index in [1.807, 2.05) is 0 Å². The van der Waals surface area contributed by atoms with Gasteiger partial charge in [0.05, 0.1) is 23.6 Å². The maximum atomic E-state index is 12.1. The molecule has 0 bridgehead atoms. The van der Waals surface area contributed by atoms with E-state index in [-0.39, 0.29) is 13.0 Å². The molecule has 0 aliphatic heterocycles. The molecule has 8 nitrogen and oxygen atoms in total. The minimum absolute atomic E-state index is 0.0687. The third-order valence-electron chi connectivity index (χ3n) is 2.99. The van der Waals surface area contributed by atoms with Gasteiger partial charge in [0, 0.05) is 18.2 Å². The van der Waals surface area contributed by atoms with Crippen LogP contribution < -0.4 is 4.72 Å². The second kappa shape index (κ2) is 6.69. The summed E-state index contributed by atoms with van der Waals surface area (Å²) in [6.45, 7) is -0.0687. The number of hydrogen-bond acceptors (Lipinski definition) is 6. The standard InChI is InChI=1S/C13H14N2O6S/c16-12(10-6-8-21-9-10)5-7-14-22(19,20)13-4-2-1-3-11(13)15(17)18/h1-4,6,8-9,12,14,16H,5,7H2. The number of furan rings is 1. The molecule has 2 rings (SSSR count). The number of nitro groups is 1. The Hall–Kier alpha value is -2.23. The number of aliphatic hydroxyl groups excluding tert-OH is 1. The minimum atomic E-state index is -4.03. The van der Waals surface area contributed by atoms with Gasteiger partial charge in [-0.15, -0.1) is 0 Å². The zero-order valence-corrected chi connectivity index (χ0v) is 12.2. The summed E-state index contributed by atoms with van der Waals surface area (Å²) in [5, 5.41) is 20.7. The summed E-state index contributed by atoms with van der Waals surface area (Å²) in [5.41, 5.74) is 0.0373. The predicted molar refractivity (Wildman–Crippen MR) is 76.6 cm³/mol. The Balaban J connectivity index is 2.04.